The van der Waals surface area contributed by atoms with E-state index in [1.165, 1.54) is 12.4 Å². The zero-order valence-corrected chi connectivity index (χ0v) is 23.7. The fourth-order valence-corrected chi connectivity index (χ4v) is 5.71. The maximum atomic E-state index is 13.1. The summed E-state index contributed by atoms with van der Waals surface area (Å²) < 4.78 is 52.3. The minimum Gasteiger partial charge on any atom is -0.467 e. The molecule has 0 spiro atoms. The van der Waals surface area contributed by atoms with Gasteiger partial charge in [-0.1, -0.05) is 30.3 Å². The zero-order chi connectivity index (χ0) is 31.2. The molecule has 2 aromatic heterocycles. The van der Waals surface area contributed by atoms with Crippen molar-refractivity contribution in [2.45, 2.75) is 31.3 Å². The predicted molar refractivity (Wildman–Crippen MR) is 153 cm³/mol. The Balaban J connectivity index is 1.30. The van der Waals surface area contributed by atoms with Gasteiger partial charge in [-0.05, 0) is 43.2 Å². The van der Waals surface area contributed by atoms with Gasteiger partial charge in [0.05, 0.1) is 22.0 Å². The van der Waals surface area contributed by atoms with E-state index in [2.05, 4.69) is 21.9 Å². The van der Waals surface area contributed by atoms with Crippen molar-refractivity contribution in [3.05, 3.63) is 77.1 Å². The second kappa shape index (κ2) is 11.4. The van der Waals surface area contributed by atoms with Crippen LogP contribution >= 0.6 is 11.6 Å². The van der Waals surface area contributed by atoms with E-state index in [1.807, 2.05) is 0 Å². The molecular formula is C29H25ClF3N7O4. The Labute approximate surface area is 253 Å². The summed E-state index contributed by atoms with van der Waals surface area (Å²) in [4.78, 5) is 35.5. The van der Waals surface area contributed by atoms with Crippen molar-refractivity contribution in [2.24, 2.45) is 0 Å². The number of nitrogens with zero attached hydrogens (tertiary/aromatic N) is 5. The van der Waals surface area contributed by atoms with Gasteiger partial charge in [-0.3, -0.25) is 9.59 Å². The molecule has 2 aromatic carbocycles. The predicted octanol–water partition coefficient (Wildman–Crippen LogP) is 4.89. The number of halogens is 4. The number of carbonyl (C=O) groups excluding carboxylic acids is 2. The first-order valence-corrected chi connectivity index (χ1v) is 13.9. The summed E-state index contributed by atoms with van der Waals surface area (Å²) >= 11 is 5.79. The first kappa shape index (κ1) is 29.4. The molecule has 4 aromatic rings. The summed E-state index contributed by atoms with van der Waals surface area (Å²) in [6.07, 6.45) is -1.40. The van der Waals surface area contributed by atoms with E-state index < -0.39 is 28.9 Å². The first-order chi connectivity index (χ1) is 21.0. The van der Waals surface area contributed by atoms with Crippen molar-refractivity contribution in [3.63, 3.8) is 0 Å². The third-order valence-corrected chi connectivity index (χ3v) is 7.88. The standard InChI is InChI=1S/C29H25ClF3N7O4/c1-2-22(41)39-9-3-4-17(12-39)40-26-23(25(34)35-13-36-26)24(38-40)15-5-7-18-21(11-15)43-14-44-28(18)37-27(42)16-6-8-19(20(30)10-16)29(31,32)33/h2,5-8,10-11,13,17,28H,1,3-4,9,12,14H2,(H,37,42)(H2,34,35,36)/t17-,28-/m1/s1. The lowest BCUT2D eigenvalue weighted by Crippen LogP contribution is -2.40. The average Bonchev–Trinajstić information content (AvgIpc) is 3.41. The molecule has 44 heavy (non-hydrogen) atoms. The van der Waals surface area contributed by atoms with Gasteiger partial charge >= 0.3 is 6.18 Å². The molecule has 6 rings (SSSR count). The van der Waals surface area contributed by atoms with Gasteiger partial charge < -0.3 is 25.4 Å². The molecule has 2 atom stereocenters. The maximum absolute atomic E-state index is 13.1. The smallest absolute Gasteiger partial charge is 0.417 e. The summed E-state index contributed by atoms with van der Waals surface area (Å²) in [6.45, 7) is 4.44. The normalized spacial score (nSPS) is 18.4. The van der Waals surface area contributed by atoms with Crippen molar-refractivity contribution >= 4 is 40.3 Å². The number of benzene rings is 2. The number of ether oxygens (including phenoxy) is 2. The Hall–Kier alpha value is -4.69. The summed E-state index contributed by atoms with van der Waals surface area (Å²) in [6, 6.07) is 7.75. The molecule has 2 aliphatic rings. The second-order valence-electron chi connectivity index (χ2n) is 10.3. The number of amides is 2. The Morgan fingerprint density at radius 3 is 2.75 bits per heavy atom. The summed E-state index contributed by atoms with van der Waals surface area (Å²) in [5.41, 5.74) is 7.32. The topological polar surface area (TPSA) is 137 Å². The van der Waals surface area contributed by atoms with Crippen LogP contribution in [0.5, 0.6) is 5.75 Å². The molecule has 3 N–H and O–H groups in total. The lowest BCUT2D eigenvalue weighted by Gasteiger charge is -2.32. The molecule has 4 heterocycles. The highest BCUT2D eigenvalue weighted by molar-refractivity contribution is 6.31. The van der Waals surface area contributed by atoms with Gasteiger partial charge in [0.25, 0.3) is 5.91 Å². The van der Waals surface area contributed by atoms with Crippen molar-refractivity contribution in [3.8, 4) is 17.0 Å². The number of hydrogen-bond donors (Lipinski definition) is 2. The molecule has 0 aliphatic carbocycles. The molecule has 2 aliphatic heterocycles. The quantitative estimate of drug-likeness (QED) is 0.298. The third-order valence-electron chi connectivity index (χ3n) is 7.56. The van der Waals surface area contributed by atoms with Crippen LogP contribution < -0.4 is 15.8 Å². The molecule has 0 unspecified atom stereocenters. The van der Waals surface area contributed by atoms with Crippen LogP contribution in [0.2, 0.25) is 5.02 Å². The molecule has 0 saturated carbocycles. The van der Waals surface area contributed by atoms with Crippen LogP contribution in [0.1, 0.15) is 46.6 Å². The highest BCUT2D eigenvalue weighted by atomic mass is 35.5. The zero-order valence-electron chi connectivity index (χ0n) is 23.0. The van der Waals surface area contributed by atoms with Crippen LogP contribution in [0.3, 0.4) is 0 Å². The summed E-state index contributed by atoms with van der Waals surface area (Å²) in [7, 11) is 0. The van der Waals surface area contributed by atoms with Gasteiger partial charge in [-0.2, -0.15) is 18.3 Å². The number of piperidine rings is 1. The number of rotatable bonds is 5. The molecule has 0 bridgehead atoms. The number of aromatic nitrogens is 4. The Morgan fingerprint density at radius 1 is 1.18 bits per heavy atom. The SMILES string of the molecule is C=CC(=O)N1CCC[C@@H](n2nc(-c3ccc4c(c3)OCO[C@H]4NC(=O)c3ccc(C(F)(F)F)c(Cl)c3)c3c(N)ncnc32)C1. The van der Waals surface area contributed by atoms with Gasteiger partial charge in [0.15, 0.2) is 18.7 Å². The van der Waals surface area contributed by atoms with E-state index in [0.717, 1.165) is 31.0 Å². The van der Waals surface area contributed by atoms with Crippen LogP contribution in [0.4, 0.5) is 19.0 Å². The Morgan fingerprint density at radius 2 is 2.00 bits per heavy atom. The molecular weight excluding hydrogens is 603 g/mol. The molecule has 1 saturated heterocycles. The van der Waals surface area contributed by atoms with Crippen LogP contribution in [-0.2, 0) is 15.7 Å². The lowest BCUT2D eigenvalue weighted by atomic mass is 10.0. The van der Waals surface area contributed by atoms with E-state index in [0.29, 0.717) is 46.7 Å². The number of nitrogens with two attached hydrogens (primary N) is 1. The molecule has 1 fully saturated rings. The van der Waals surface area contributed by atoms with Gasteiger partial charge in [-0.25, -0.2) is 14.6 Å². The molecule has 0 radical (unpaired) electrons. The van der Waals surface area contributed by atoms with Crippen molar-refractivity contribution in [2.75, 3.05) is 25.6 Å². The van der Waals surface area contributed by atoms with Gasteiger partial charge in [0.2, 0.25) is 5.91 Å². The summed E-state index contributed by atoms with van der Waals surface area (Å²) in [5, 5.41) is 7.48. The number of carbonyl (C=O) groups is 2. The van der Waals surface area contributed by atoms with Crippen molar-refractivity contribution in [1.82, 2.24) is 30.0 Å². The minimum atomic E-state index is -4.65. The van der Waals surface area contributed by atoms with Gasteiger partial charge in [-0.15, -0.1) is 0 Å². The van der Waals surface area contributed by atoms with E-state index in [1.54, 1.807) is 27.8 Å². The molecule has 11 nitrogen and oxygen atoms in total. The minimum absolute atomic E-state index is 0.0696. The van der Waals surface area contributed by atoms with Gasteiger partial charge in [0.1, 0.15) is 23.6 Å². The van der Waals surface area contributed by atoms with E-state index >= 15 is 0 Å². The fraction of sp³-hybridized carbons (Fsp3) is 0.276. The highest BCUT2D eigenvalue weighted by Gasteiger charge is 2.34. The van der Waals surface area contributed by atoms with Crippen molar-refractivity contribution < 1.29 is 32.2 Å². The second-order valence-corrected chi connectivity index (χ2v) is 10.7. The monoisotopic (exact) mass is 627 g/mol. The van der Waals surface area contributed by atoms with E-state index in [4.69, 9.17) is 31.9 Å². The fourth-order valence-electron chi connectivity index (χ4n) is 5.42. The average molecular weight is 628 g/mol. The summed E-state index contributed by atoms with van der Waals surface area (Å²) in [5.74, 6) is -0.220. The van der Waals surface area contributed by atoms with Crippen LogP contribution in [0.15, 0.2) is 55.4 Å². The van der Waals surface area contributed by atoms with Crippen molar-refractivity contribution in [1.29, 1.82) is 0 Å². The number of nitrogen functional groups attached to an aromatic ring is 1. The number of likely N-dealkylation sites (tertiary alicyclic amines) is 1. The van der Waals surface area contributed by atoms with Crippen LogP contribution in [0, 0.1) is 0 Å². The largest absolute Gasteiger partial charge is 0.467 e. The van der Waals surface area contributed by atoms with Crippen LogP contribution in [0.25, 0.3) is 22.3 Å². The Kier molecular flexibility index (Phi) is 7.63. The number of anilines is 1. The molecule has 2 amide bonds. The van der Waals surface area contributed by atoms with E-state index in [-0.39, 0.29) is 30.1 Å². The number of alkyl halides is 3. The third kappa shape index (κ3) is 5.42. The number of hydrogen-bond acceptors (Lipinski definition) is 8. The number of fused-ring (bicyclic) bond motifs is 2. The lowest BCUT2D eigenvalue weighted by molar-refractivity contribution is -0.137. The highest BCUT2D eigenvalue weighted by Crippen LogP contribution is 2.39. The first-order valence-electron chi connectivity index (χ1n) is 13.5. The Bertz CT molecular complexity index is 1790. The maximum Gasteiger partial charge on any atom is 0.417 e. The van der Waals surface area contributed by atoms with Crippen LogP contribution in [-0.4, -0.2) is 56.3 Å². The molecule has 15 heteroatoms. The number of nitrogens with one attached hydrogen (secondary N) is 1. The molecule has 228 valence electrons. The van der Waals surface area contributed by atoms with Gasteiger partial charge in [0, 0.05) is 29.8 Å². The van der Waals surface area contributed by atoms with E-state index in [9.17, 15) is 22.8 Å².